The summed E-state index contributed by atoms with van der Waals surface area (Å²) in [4.78, 5) is 30.6. The van der Waals surface area contributed by atoms with Crippen molar-refractivity contribution in [3.63, 3.8) is 0 Å². The van der Waals surface area contributed by atoms with Gasteiger partial charge in [0.2, 0.25) is 5.91 Å². The minimum atomic E-state index is -1.01. The van der Waals surface area contributed by atoms with Crippen LogP contribution in [0.25, 0.3) is 0 Å². The van der Waals surface area contributed by atoms with Gasteiger partial charge in [0.05, 0.1) is 0 Å². The standard InChI is InChI=1S/C15H23N3O4/c19-13(9-11-1-5-16-6-2-11)18-7-3-15(4-8-18)10-12(14(20)21)17-22-15/h11,16H,1-10H2,(H,20,21). The second kappa shape index (κ2) is 6.24. The third-order valence-corrected chi connectivity index (χ3v) is 5.04. The monoisotopic (exact) mass is 309 g/mol. The molecule has 0 aromatic carbocycles. The van der Waals surface area contributed by atoms with Crippen LogP contribution in [-0.2, 0) is 14.4 Å². The van der Waals surface area contributed by atoms with E-state index in [1.54, 1.807) is 0 Å². The van der Waals surface area contributed by atoms with Crippen molar-refractivity contribution in [2.75, 3.05) is 26.2 Å². The van der Waals surface area contributed by atoms with Gasteiger partial charge in [-0.25, -0.2) is 4.79 Å². The first-order valence-corrected chi connectivity index (χ1v) is 8.05. The predicted molar refractivity (Wildman–Crippen MR) is 79.5 cm³/mol. The number of hydrogen-bond acceptors (Lipinski definition) is 5. The molecule has 3 rings (SSSR count). The number of nitrogens with zero attached hydrogens (tertiary/aromatic N) is 2. The average molecular weight is 309 g/mol. The van der Waals surface area contributed by atoms with Crippen molar-refractivity contribution in [3.8, 4) is 0 Å². The molecule has 0 saturated carbocycles. The number of aliphatic carboxylic acids is 1. The predicted octanol–water partition coefficient (Wildman–Crippen LogP) is 0.598. The summed E-state index contributed by atoms with van der Waals surface area (Å²) >= 11 is 0. The van der Waals surface area contributed by atoms with Gasteiger partial charge in [-0.3, -0.25) is 4.79 Å². The van der Waals surface area contributed by atoms with Crippen LogP contribution in [-0.4, -0.2) is 59.4 Å². The molecule has 0 unspecified atom stereocenters. The van der Waals surface area contributed by atoms with Crippen LogP contribution in [0, 0.1) is 5.92 Å². The molecule has 0 aromatic heterocycles. The molecule has 0 radical (unpaired) electrons. The maximum Gasteiger partial charge on any atom is 0.353 e. The molecule has 2 N–H and O–H groups in total. The topological polar surface area (TPSA) is 91.2 Å². The molecule has 0 atom stereocenters. The van der Waals surface area contributed by atoms with Crippen molar-refractivity contribution < 1.29 is 19.5 Å². The van der Waals surface area contributed by atoms with Crippen LogP contribution in [0.2, 0.25) is 0 Å². The summed E-state index contributed by atoms with van der Waals surface area (Å²) in [5.74, 6) is -0.297. The number of likely N-dealkylation sites (tertiary alicyclic amines) is 1. The Labute approximate surface area is 129 Å². The lowest BCUT2D eigenvalue weighted by atomic mass is 9.86. The van der Waals surface area contributed by atoms with Crippen molar-refractivity contribution in [2.24, 2.45) is 11.1 Å². The minimum Gasteiger partial charge on any atom is -0.477 e. The Hall–Kier alpha value is -1.63. The van der Waals surface area contributed by atoms with E-state index in [-0.39, 0.29) is 11.6 Å². The third kappa shape index (κ3) is 3.24. The SMILES string of the molecule is O=C(O)C1=NOC2(CCN(C(=O)CC3CCNCC3)CC2)C1. The highest BCUT2D eigenvalue weighted by Crippen LogP contribution is 2.35. The highest BCUT2D eigenvalue weighted by molar-refractivity contribution is 6.36. The highest BCUT2D eigenvalue weighted by Gasteiger charge is 2.44. The van der Waals surface area contributed by atoms with Crippen LogP contribution in [0.3, 0.4) is 0 Å². The molecule has 3 heterocycles. The van der Waals surface area contributed by atoms with E-state index < -0.39 is 11.6 Å². The van der Waals surface area contributed by atoms with Crippen molar-refractivity contribution in [1.82, 2.24) is 10.2 Å². The largest absolute Gasteiger partial charge is 0.477 e. The molecule has 3 aliphatic heterocycles. The summed E-state index contributed by atoms with van der Waals surface area (Å²) in [5.41, 5.74) is -0.409. The number of oxime groups is 1. The third-order valence-electron chi connectivity index (χ3n) is 5.04. The zero-order valence-electron chi connectivity index (χ0n) is 12.7. The Morgan fingerprint density at radius 2 is 2.00 bits per heavy atom. The Morgan fingerprint density at radius 1 is 1.32 bits per heavy atom. The van der Waals surface area contributed by atoms with Crippen LogP contribution in [0.1, 0.15) is 38.5 Å². The van der Waals surface area contributed by atoms with E-state index in [1.807, 2.05) is 4.90 Å². The molecule has 2 fully saturated rings. The van der Waals surface area contributed by atoms with Gasteiger partial charge in [0.25, 0.3) is 0 Å². The Balaban J connectivity index is 1.47. The van der Waals surface area contributed by atoms with Crippen LogP contribution in [0.15, 0.2) is 5.16 Å². The van der Waals surface area contributed by atoms with Crippen LogP contribution < -0.4 is 5.32 Å². The second-order valence-electron chi connectivity index (χ2n) is 6.57. The Morgan fingerprint density at radius 3 is 2.59 bits per heavy atom. The maximum atomic E-state index is 12.4. The number of amides is 1. The van der Waals surface area contributed by atoms with Gasteiger partial charge in [0, 0.05) is 38.8 Å². The molecule has 0 aromatic rings. The van der Waals surface area contributed by atoms with E-state index >= 15 is 0 Å². The second-order valence-corrected chi connectivity index (χ2v) is 6.57. The van der Waals surface area contributed by atoms with Crippen LogP contribution >= 0.6 is 0 Å². The molecule has 22 heavy (non-hydrogen) atoms. The van der Waals surface area contributed by atoms with Gasteiger partial charge in [0.15, 0.2) is 5.71 Å². The van der Waals surface area contributed by atoms with Crippen molar-refractivity contribution >= 4 is 17.6 Å². The number of hydrogen-bond donors (Lipinski definition) is 2. The van der Waals surface area contributed by atoms with Crippen LogP contribution in [0.4, 0.5) is 0 Å². The molecule has 122 valence electrons. The normalized spacial score (nSPS) is 24.9. The highest BCUT2D eigenvalue weighted by atomic mass is 16.7. The molecule has 2 saturated heterocycles. The van der Waals surface area contributed by atoms with Gasteiger partial charge < -0.3 is 20.2 Å². The first-order valence-electron chi connectivity index (χ1n) is 8.05. The van der Waals surface area contributed by atoms with E-state index in [4.69, 9.17) is 9.94 Å². The Kier molecular flexibility index (Phi) is 4.33. The van der Waals surface area contributed by atoms with Crippen molar-refractivity contribution in [2.45, 2.75) is 44.1 Å². The molecule has 1 spiro atoms. The number of carbonyl (C=O) groups excluding carboxylic acids is 1. The van der Waals surface area contributed by atoms with Crippen LogP contribution in [0.5, 0.6) is 0 Å². The zero-order chi connectivity index (χ0) is 15.6. The number of rotatable bonds is 3. The van der Waals surface area contributed by atoms with Gasteiger partial charge in [-0.05, 0) is 31.8 Å². The van der Waals surface area contributed by atoms with E-state index in [9.17, 15) is 9.59 Å². The summed E-state index contributed by atoms with van der Waals surface area (Å²) in [6, 6.07) is 0. The molecule has 7 nitrogen and oxygen atoms in total. The van der Waals surface area contributed by atoms with Gasteiger partial charge in [0.1, 0.15) is 5.60 Å². The summed E-state index contributed by atoms with van der Waals surface area (Å²) in [7, 11) is 0. The molecule has 1 amide bonds. The number of nitrogens with one attached hydrogen (secondary N) is 1. The molecule has 0 bridgehead atoms. The van der Waals surface area contributed by atoms with Gasteiger partial charge in [-0.15, -0.1) is 0 Å². The number of carbonyl (C=O) groups is 2. The molecule has 3 aliphatic rings. The lowest BCUT2D eigenvalue weighted by Gasteiger charge is -2.37. The first-order chi connectivity index (χ1) is 10.6. The summed E-state index contributed by atoms with van der Waals surface area (Å²) in [6.45, 7) is 3.27. The minimum absolute atomic E-state index is 0.0921. The van der Waals surface area contributed by atoms with E-state index in [0.717, 1.165) is 25.9 Å². The van der Waals surface area contributed by atoms with Crippen molar-refractivity contribution in [1.29, 1.82) is 0 Å². The fourth-order valence-corrected chi connectivity index (χ4v) is 3.53. The summed E-state index contributed by atoms with van der Waals surface area (Å²) in [6.07, 6.45) is 4.44. The van der Waals surface area contributed by atoms with Crippen molar-refractivity contribution in [3.05, 3.63) is 0 Å². The first kappa shape index (κ1) is 15.3. The van der Waals surface area contributed by atoms with E-state index in [2.05, 4.69) is 10.5 Å². The van der Waals surface area contributed by atoms with Gasteiger partial charge in [-0.1, -0.05) is 5.16 Å². The fraction of sp³-hybridized carbons (Fsp3) is 0.800. The quantitative estimate of drug-likeness (QED) is 0.796. The van der Waals surface area contributed by atoms with Gasteiger partial charge >= 0.3 is 5.97 Å². The Bertz CT molecular complexity index is 477. The maximum absolute atomic E-state index is 12.4. The van der Waals surface area contributed by atoms with E-state index in [1.165, 1.54) is 0 Å². The average Bonchev–Trinajstić information content (AvgIpc) is 2.93. The fourth-order valence-electron chi connectivity index (χ4n) is 3.53. The number of carboxylic acids is 1. The molecule has 0 aliphatic carbocycles. The molecular weight excluding hydrogens is 286 g/mol. The number of piperidine rings is 2. The molecule has 7 heteroatoms. The zero-order valence-corrected chi connectivity index (χ0v) is 12.7. The van der Waals surface area contributed by atoms with E-state index in [0.29, 0.717) is 44.7 Å². The van der Waals surface area contributed by atoms with Gasteiger partial charge in [-0.2, -0.15) is 0 Å². The summed E-state index contributed by atoms with van der Waals surface area (Å²) in [5, 5.41) is 16.0. The number of carboxylic acid groups (broad SMARTS) is 1. The lowest BCUT2D eigenvalue weighted by Crippen LogP contribution is -2.47. The summed E-state index contributed by atoms with van der Waals surface area (Å²) < 4.78 is 0. The lowest BCUT2D eigenvalue weighted by molar-refractivity contribution is -0.138. The smallest absolute Gasteiger partial charge is 0.353 e. The molecular formula is C15H23N3O4.